The van der Waals surface area contributed by atoms with Crippen molar-refractivity contribution < 1.29 is 17.6 Å². The molecule has 3 aromatic rings. The van der Waals surface area contributed by atoms with Crippen LogP contribution in [0.4, 0.5) is 15.9 Å². The number of halogens is 2. The van der Waals surface area contributed by atoms with Crippen LogP contribution in [-0.4, -0.2) is 50.4 Å². The van der Waals surface area contributed by atoms with Gasteiger partial charge in [0.2, 0.25) is 0 Å². The molecule has 10 heteroatoms. The molecule has 1 aliphatic rings. The van der Waals surface area contributed by atoms with E-state index in [1.807, 2.05) is 6.07 Å². The fraction of sp³-hybridized carbons (Fsp3) is 0.217. The van der Waals surface area contributed by atoms with Gasteiger partial charge in [-0.3, -0.25) is 9.52 Å². The Hall–Kier alpha value is -3.17. The van der Waals surface area contributed by atoms with Gasteiger partial charge in [-0.25, -0.2) is 17.8 Å². The number of piperazine rings is 1. The minimum Gasteiger partial charge on any atom is -0.353 e. The second-order valence-corrected chi connectivity index (χ2v) is 9.82. The molecule has 1 amide bonds. The summed E-state index contributed by atoms with van der Waals surface area (Å²) in [5.41, 5.74) is 1.24. The van der Waals surface area contributed by atoms with Gasteiger partial charge in [0.1, 0.15) is 11.6 Å². The standard InChI is InChI=1S/C23H22ClFN4O3S/c1-16-2-8-20(33(31,32)27-19-6-4-18(25)5-7-19)14-21(16)23(30)29-12-10-28(11-13-29)22-9-3-17(24)15-26-22/h2-9,14-15,27H,10-13H2,1H3. The van der Waals surface area contributed by atoms with Crippen LogP contribution in [0.3, 0.4) is 0 Å². The van der Waals surface area contributed by atoms with Crippen molar-refractivity contribution in [1.82, 2.24) is 9.88 Å². The molecule has 0 unspecified atom stereocenters. The van der Waals surface area contributed by atoms with E-state index < -0.39 is 15.8 Å². The molecule has 1 aromatic heterocycles. The van der Waals surface area contributed by atoms with Gasteiger partial charge < -0.3 is 9.80 Å². The van der Waals surface area contributed by atoms with Crippen LogP contribution in [0.25, 0.3) is 0 Å². The summed E-state index contributed by atoms with van der Waals surface area (Å²) in [6, 6.07) is 13.1. The summed E-state index contributed by atoms with van der Waals surface area (Å²) in [5.74, 6) is 0.103. The Morgan fingerprint density at radius 3 is 2.36 bits per heavy atom. The van der Waals surface area contributed by atoms with Gasteiger partial charge in [-0.05, 0) is 61.0 Å². The van der Waals surface area contributed by atoms with E-state index in [1.165, 1.54) is 36.4 Å². The van der Waals surface area contributed by atoms with E-state index in [2.05, 4.69) is 14.6 Å². The number of pyridine rings is 1. The summed E-state index contributed by atoms with van der Waals surface area (Å²) in [6.07, 6.45) is 1.59. The first-order chi connectivity index (χ1) is 15.7. The van der Waals surface area contributed by atoms with E-state index in [0.29, 0.717) is 42.3 Å². The third-order valence-corrected chi connectivity index (χ3v) is 7.05. The highest BCUT2D eigenvalue weighted by Gasteiger charge is 2.25. The molecule has 2 aromatic carbocycles. The van der Waals surface area contributed by atoms with Crippen LogP contribution in [0, 0.1) is 12.7 Å². The molecule has 4 rings (SSSR count). The Morgan fingerprint density at radius 2 is 1.73 bits per heavy atom. The number of amides is 1. The number of nitrogens with one attached hydrogen (secondary N) is 1. The second kappa shape index (κ2) is 9.36. The monoisotopic (exact) mass is 488 g/mol. The number of hydrogen-bond donors (Lipinski definition) is 1. The first-order valence-corrected chi connectivity index (χ1v) is 12.1. The summed E-state index contributed by atoms with van der Waals surface area (Å²) in [6.45, 7) is 3.93. The van der Waals surface area contributed by atoms with E-state index in [1.54, 1.807) is 30.2 Å². The molecular formula is C23H22ClFN4O3S. The van der Waals surface area contributed by atoms with Gasteiger partial charge in [0.05, 0.1) is 9.92 Å². The van der Waals surface area contributed by atoms with Gasteiger partial charge in [-0.1, -0.05) is 17.7 Å². The molecule has 0 saturated carbocycles. The smallest absolute Gasteiger partial charge is 0.261 e. The first kappa shape index (κ1) is 23.0. The molecule has 0 atom stereocenters. The number of benzene rings is 2. The predicted octanol–water partition coefficient (Wildman–Crippen LogP) is 3.95. The lowest BCUT2D eigenvalue weighted by atomic mass is 10.1. The van der Waals surface area contributed by atoms with Gasteiger partial charge in [0.15, 0.2) is 0 Å². The van der Waals surface area contributed by atoms with Gasteiger partial charge in [-0.2, -0.15) is 0 Å². The highest BCUT2D eigenvalue weighted by Crippen LogP contribution is 2.22. The lowest BCUT2D eigenvalue weighted by Crippen LogP contribution is -2.49. The Labute approximate surface area is 196 Å². The summed E-state index contributed by atoms with van der Waals surface area (Å²) < 4.78 is 41.2. The number of nitrogens with zero attached hydrogens (tertiary/aromatic N) is 3. The number of carbonyl (C=O) groups is 1. The average Bonchev–Trinajstić information content (AvgIpc) is 2.81. The van der Waals surface area contributed by atoms with Crippen LogP contribution in [0.5, 0.6) is 0 Å². The average molecular weight is 489 g/mol. The zero-order valence-corrected chi connectivity index (χ0v) is 19.4. The highest BCUT2D eigenvalue weighted by atomic mass is 35.5. The molecule has 172 valence electrons. The Kier molecular flexibility index (Phi) is 6.53. The Bertz CT molecular complexity index is 1260. The molecule has 33 heavy (non-hydrogen) atoms. The Morgan fingerprint density at radius 1 is 1.03 bits per heavy atom. The molecule has 0 radical (unpaired) electrons. The van der Waals surface area contributed by atoms with E-state index >= 15 is 0 Å². The summed E-state index contributed by atoms with van der Waals surface area (Å²) in [5, 5.41) is 0.562. The number of rotatable bonds is 5. The van der Waals surface area contributed by atoms with Crippen molar-refractivity contribution in [3.05, 3.63) is 82.8 Å². The predicted molar refractivity (Wildman–Crippen MR) is 126 cm³/mol. The van der Waals surface area contributed by atoms with Gasteiger partial charge in [-0.15, -0.1) is 0 Å². The van der Waals surface area contributed by atoms with E-state index in [9.17, 15) is 17.6 Å². The zero-order valence-electron chi connectivity index (χ0n) is 17.8. The normalized spacial score (nSPS) is 14.3. The van der Waals surface area contributed by atoms with Crippen LogP contribution in [0.15, 0.2) is 65.7 Å². The minimum absolute atomic E-state index is 0.0372. The quantitative estimate of drug-likeness (QED) is 0.588. The highest BCUT2D eigenvalue weighted by molar-refractivity contribution is 7.92. The van der Waals surface area contributed by atoms with Gasteiger partial charge in [0, 0.05) is 43.6 Å². The summed E-state index contributed by atoms with van der Waals surface area (Å²) >= 11 is 5.90. The van der Waals surface area contributed by atoms with E-state index in [4.69, 9.17) is 11.6 Å². The van der Waals surface area contributed by atoms with Crippen molar-refractivity contribution in [3.63, 3.8) is 0 Å². The maximum Gasteiger partial charge on any atom is 0.261 e. The van der Waals surface area contributed by atoms with E-state index in [0.717, 1.165) is 5.82 Å². The SMILES string of the molecule is Cc1ccc(S(=O)(=O)Nc2ccc(F)cc2)cc1C(=O)N1CCN(c2ccc(Cl)cn2)CC1. The third kappa shape index (κ3) is 5.26. The fourth-order valence-corrected chi connectivity index (χ4v) is 4.79. The lowest BCUT2D eigenvalue weighted by Gasteiger charge is -2.35. The van der Waals surface area contributed by atoms with Crippen molar-refractivity contribution in [1.29, 1.82) is 0 Å². The zero-order chi connectivity index (χ0) is 23.6. The summed E-state index contributed by atoms with van der Waals surface area (Å²) in [7, 11) is -3.95. The van der Waals surface area contributed by atoms with Crippen LogP contribution < -0.4 is 9.62 Å². The van der Waals surface area contributed by atoms with Crippen LogP contribution in [0.1, 0.15) is 15.9 Å². The Balaban J connectivity index is 1.48. The number of carbonyl (C=O) groups excluding carboxylic acids is 1. The minimum atomic E-state index is -3.95. The molecule has 1 N–H and O–H groups in total. The number of anilines is 2. The molecule has 1 aliphatic heterocycles. The molecule has 2 heterocycles. The fourth-order valence-electron chi connectivity index (χ4n) is 3.59. The van der Waals surface area contributed by atoms with Crippen molar-refractivity contribution in [2.45, 2.75) is 11.8 Å². The maximum absolute atomic E-state index is 13.2. The topological polar surface area (TPSA) is 82.6 Å². The number of sulfonamides is 1. The summed E-state index contributed by atoms with van der Waals surface area (Å²) in [4.78, 5) is 21.3. The van der Waals surface area contributed by atoms with E-state index in [-0.39, 0.29) is 16.5 Å². The van der Waals surface area contributed by atoms with Crippen LogP contribution in [0.2, 0.25) is 5.02 Å². The van der Waals surface area contributed by atoms with Crippen molar-refractivity contribution in [2.75, 3.05) is 35.8 Å². The molecule has 0 bridgehead atoms. The van der Waals surface area contributed by atoms with Gasteiger partial charge in [0.25, 0.3) is 15.9 Å². The van der Waals surface area contributed by atoms with Crippen molar-refractivity contribution in [3.8, 4) is 0 Å². The van der Waals surface area contributed by atoms with Crippen LogP contribution in [-0.2, 0) is 10.0 Å². The lowest BCUT2D eigenvalue weighted by molar-refractivity contribution is 0.0745. The number of aromatic nitrogens is 1. The molecule has 1 saturated heterocycles. The maximum atomic E-state index is 13.2. The first-order valence-electron chi connectivity index (χ1n) is 10.3. The van der Waals surface area contributed by atoms with Gasteiger partial charge >= 0.3 is 0 Å². The molecule has 0 spiro atoms. The molecule has 0 aliphatic carbocycles. The molecule has 1 fully saturated rings. The number of aryl methyl sites for hydroxylation is 1. The molecule has 7 nitrogen and oxygen atoms in total. The van der Waals surface area contributed by atoms with Crippen molar-refractivity contribution in [2.24, 2.45) is 0 Å². The largest absolute Gasteiger partial charge is 0.353 e. The third-order valence-electron chi connectivity index (χ3n) is 5.45. The van der Waals surface area contributed by atoms with Crippen LogP contribution >= 0.6 is 11.6 Å². The van der Waals surface area contributed by atoms with Crippen molar-refractivity contribution >= 4 is 39.0 Å². The second-order valence-electron chi connectivity index (χ2n) is 7.70. The number of hydrogen-bond acceptors (Lipinski definition) is 5. The molecular weight excluding hydrogens is 467 g/mol.